The molecule has 6 nitrogen and oxygen atoms in total. The molecule has 3 rings (SSSR count). The fraction of sp³-hybridized carbons (Fsp3) is 0.167. The van der Waals surface area contributed by atoms with Crippen molar-refractivity contribution in [2.45, 2.75) is 13.0 Å². The first-order valence-electron chi connectivity index (χ1n) is 7.57. The van der Waals surface area contributed by atoms with E-state index in [4.69, 9.17) is 4.74 Å². The molecule has 0 radical (unpaired) electrons. The summed E-state index contributed by atoms with van der Waals surface area (Å²) < 4.78 is 6.86. The van der Waals surface area contributed by atoms with Gasteiger partial charge in [-0.3, -0.25) is 4.79 Å². The maximum atomic E-state index is 12.1. The highest BCUT2D eigenvalue weighted by molar-refractivity contribution is 5.92. The smallest absolute Gasteiger partial charge is 0.228 e. The summed E-state index contributed by atoms with van der Waals surface area (Å²) in [5.41, 5.74) is 2.81. The van der Waals surface area contributed by atoms with Crippen molar-refractivity contribution in [2.75, 3.05) is 12.4 Å². The number of rotatable bonds is 6. The van der Waals surface area contributed by atoms with Crippen LogP contribution in [0.15, 0.2) is 61.2 Å². The van der Waals surface area contributed by atoms with E-state index in [-0.39, 0.29) is 5.91 Å². The Labute approximate surface area is 140 Å². The first kappa shape index (κ1) is 15.7. The molecular weight excluding hydrogens is 304 g/mol. The number of hydrogen-bond acceptors (Lipinski definition) is 4. The minimum Gasteiger partial charge on any atom is -0.497 e. The second kappa shape index (κ2) is 7.41. The number of nitrogens with one attached hydrogen (secondary N) is 1. The molecule has 0 saturated carbocycles. The van der Waals surface area contributed by atoms with Crippen LogP contribution in [-0.2, 0) is 17.8 Å². The number of anilines is 1. The Kier molecular flexibility index (Phi) is 4.86. The molecule has 0 aliphatic carbocycles. The van der Waals surface area contributed by atoms with E-state index in [9.17, 15) is 4.79 Å². The first-order chi connectivity index (χ1) is 11.7. The highest BCUT2D eigenvalue weighted by Crippen LogP contribution is 2.14. The van der Waals surface area contributed by atoms with E-state index in [1.807, 2.05) is 48.5 Å². The van der Waals surface area contributed by atoms with Crippen molar-refractivity contribution < 1.29 is 9.53 Å². The molecule has 1 heterocycles. The van der Waals surface area contributed by atoms with Crippen LogP contribution in [0.3, 0.4) is 0 Å². The molecule has 2 aromatic carbocycles. The summed E-state index contributed by atoms with van der Waals surface area (Å²) >= 11 is 0. The summed E-state index contributed by atoms with van der Waals surface area (Å²) in [4.78, 5) is 16.0. The van der Waals surface area contributed by atoms with Gasteiger partial charge in [0, 0.05) is 5.69 Å². The number of methoxy groups -OCH3 is 1. The van der Waals surface area contributed by atoms with Gasteiger partial charge < -0.3 is 10.1 Å². The standard InChI is InChI=1S/C18H18N4O2/c1-24-17-8-4-14(5-9-17)10-18(23)21-16-6-2-15(3-7-16)11-22-13-19-12-20-22/h2-9,12-13H,10-11H2,1H3,(H,21,23). The average Bonchev–Trinajstić information content (AvgIpc) is 3.10. The average molecular weight is 322 g/mol. The molecule has 24 heavy (non-hydrogen) atoms. The van der Waals surface area contributed by atoms with Crippen molar-refractivity contribution in [1.29, 1.82) is 0 Å². The van der Waals surface area contributed by atoms with Gasteiger partial charge in [0.05, 0.1) is 20.1 Å². The van der Waals surface area contributed by atoms with Gasteiger partial charge in [0.25, 0.3) is 0 Å². The third-order valence-electron chi connectivity index (χ3n) is 3.57. The van der Waals surface area contributed by atoms with E-state index >= 15 is 0 Å². The Bertz CT molecular complexity index is 781. The van der Waals surface area contributed by atoms with Crippen LogP contribution in [0.25, 0.3) is 0 Å². The maximum absolute atomic E-state index is 12.1. The molecule has 1 N–H and O–H groups in total. The topological polar surface area (TPSA) is 69.0 Å². The van der Waals surface area contributed by atoms with E-state index in [1.165, 1.54) is 6.33 Å². The second-order valence-electron chi connectivity index (χ2n) is 5.36. The quantitative estimate of drug-likeness (QED) is 0.757. The minimum atomic E-state index is -0.0517. The Morgan fingerprint density at radius 1 is 1.08 bits per heavy atom. The van der Waals surface area contributed by atoms with Crippen molar-refractivity contribution >= 4 is 11.6 Å². The first-order valence-corrected chi connectivity index (χ1v) is 7.57. The maximum Gasteiger partial charge on any atom is 0.228 e. The highest BCUT2D eigenvalue weighted by atomic mass is 16.5. The van der Waals surface area contributed by atoms with E-state index < -0.39 is 0 Å². The van der Waals surface area contributed by atoms with Crippen LogP contribution in [0, 0.1) is 0 Å². The summed E-state index contributed by atoms with van der Waals surface area (Å²) in [6, 6.07) is 15.2. The molecule has 0 atom stereocenters. The van der Waals surface area contributed by atoms with Gasteiger partial charge in [-0.25, -0.2) is 9.67 Å². The van der Waals surface area contributed by atoms with Crippen LogP contribution in [0.4, 0.5) is 5.69 Å². The number of ether oxygens (including phenoxy) is 1. The van der Waals surface area contributed by atoms with Crippen molar-refractivity contribution in [2.24, 2.45) is 0 Å². The van der Waals surface area contributed by atoms with Gasteiger partial charge in [0.1, 0.15) is 18.4 Å². The number of aromatic nitrogens is 3. The van der Waals surface area contributed by atoms with E-state index in [1.54, 1.807) is 18.1 Å². The molecule has 0 fully saturated rings. The summed E-state index contributed by atoms with van der Waals surface area (Å²) in [6.07, 6.45) is 3.50. The molecule has 0 aliphatic heterocycles. The van der Waals surface area contributed by atoms with E-state index in [0.29, 0.717) is 13.0 Å². The number of carbonyl (C=O) groups is 1. The van der Waals surface area contributed by atoms with Gasteiger partial charge in [-0.2, -0.15) is 5.10 Å². The Balaban J connectivity index is 1.55. The molecule has 1 aromatic heterocycles. The zero-order valence-electron chi connectivity index (χ0n) is 13.3. The molecular formula is C18H18N4O2. The van der Waals surface area contributed by atoms with Gasteiger partial charge in [0.15, 0.2) is 0 Å². The van der Waals surface area contributed by atoms with Gasteiger partial charge in [-0.05, 0) is 35.4 Å². The van der Waals surface area contributed by atoms with Gasteiger partial charge in [-0.1, -0.05) is 24.3 Å². The molecule has 122 valence electrons. The lowest BCUT2D eigenvalue weighted by Gasteiger charge is -2.07. The van der Waals surface area contributed by atoms with Crippen LogP contribution >= 0.6 is 0 Å². The van der Waals surface area contributed by atoms with Crippen molar-refractivity contribution in [3.8, 4) is 5.75 Å². The number of nitrogens with zero attached hydrogens (tertiary/aromatic N) is 3. The van der Waals surface area contributed by atoms with Crippen LogP contribution in [0.2, 0.25) is 0 Å². The Morgan fingerprint density at radius 3 is 2.42 bits per heavy atom. The summed E-state index contributed by atoms with van der Waals surface area (Å²) in [6.45, 7) is 0.653. The predicted octanol–water partition coefficient (Wildman–Crippen LogP) is 2.52. The molecule has 1 amide bonds. The van der Waals surface area contributed by atoms with Crippen LogP contribution in [0.5, 0.6) is 5.75 Å². The molecule has 0 saturated heterocycles. The number of carbonyl (C=O) groups excluding carboxylic acids is 1. The zero-order valence-corrected chi connectivity index (χ0v) is 13.3. The lowest BCUT2D eigenvalue weighted by molar-refractivity contribution is -0.115. The molecule has 0 aliphatic rings. The Hall–Kier alpha value is -3.15. The van der Waals surface area contributed by atoms with Gasteiger partial charge in [0.2, 0.25) is 5.91 Å². The van der Waals surface area contributed by atoms with Crippen LogP contribution in [-0.4, -0.2) is 27.8 Å². The summed E-state index contributed by atoms with van der Waals surface area (Å²) in [5, 5.41) is 6.97. The lowest BCUT2D eigenvalue weighted by Crippen LogP contribution is -2.14. The van der Waals surface area contributed by atoms with Crippen molar-refractivity contribution in [1.82, 2.24) is 14.8 Å². The van der Waals surface area contributed by atoms with E-state index in [0.717, 1.165) is 22.6 Å². The van der Waals surface area contributed by atoms with Gasteiger partial charge in [-0.15, -0.1) is 0 Å². The molecule has 0 bridgehead atoms. The zero-order chi connectivity index (χ0) is 16.8. The molecule has 0 unspecified atom stereocenters. The number of hydrogen-bond donors (Lipinski definition) is 1. The second-order valence-corrected chi connectivity index (χ2v) is 5.36. The fourth-order valence-corrected chi connectivity index (χ4v) is 2.33. The summed E-state index contributed by atoms with van der Waals surface area (Å²) in [7, 11) is 1.62. The Morgan fingerprint density at radius 2 is 1.79 bits per heavy atom. The predicted molar refractivity (Wildman–Crippen MR) is 90.9 cm³/mol. The largest absolute Gasteiger partial charge is 0.497 e. The third-order valence-corrected chi connectivity index (χ3v) is 3.57. The molecule has 0 spiro atoms. The van der Waals surface area contributed by atoms with Crippen LogP contribution < -0.4 is 10.1 Å². The number of benzene rings is 2. The third kappa shape index (κ3) is 4.19. The van der Waals surface area contributed by atoms with E-state index in [2.05, 4.69) is 15.4 Å². The monoisotopic (exact) mass is 322 g/mol. The fourth-order valence-electron chi connectivity index (χ4n) is 2.33. The normalized spacial score (nSPS) is 10.4. The van der Waals surface area contributed by atoms with Crippen LogP contribution in [0.1, 0.15) is 11.1 Å². The number of amides is 1. The minimum absolute atomic E-state index is 0.0517. The van der Waals surface area contributed by atoms with Crippen molar-refractivity contribution in [3.63, 3.8) is 0 Å². The lowest BCUT2D eigenvalue weighted by atomic mass is 10.1. The van der Waals surface area contributed by atoms with Crippen molar-refractivity contribution in [3.05, 3.63) is 72.3 Å². The molecule has 6 heteroatoms. The van der Waals surface area contributed by atoms with Gasteiger partial charge >= 0.3 is 0 Å². The highest BCUT2D eigenvalue weighted by Gasteiger charge is 2.05. The SMILES string of the molecule is COc1ccc(CC(=O)Nc2ccc(Cn3cncn3)cc2)cc1. The molecule has 3 aromatic rings. The summed E-state index contributed by atoms with van der Waals surface area (Å²) in [5.74, 6) is 0.728.